The molecule has 1 aromatic heterocycles. The van der Waals surface area contributed by atoms with Crippen LogP contribution >= 0.6 is 0 Å². The molecular weight excluding hydrogens is 340 g/mol. The van der Waals surface area contributed by atoms with E-state index in [0.29, 0.717) is 24.4 Å². The van der Waals surface area contributed by atoms with Gasteiger partial charge >= 0.3 is 11.7 Å². The van der Waals surface area contributed by atoms with E-state index in [-0.39, 0.29) is 13.2 Å². The minimum absolute atomic E-state index is 0.00676. The van der Waals surface area contributed by atoms with Crippen LogP contribution < -0.4 is 15.7 Å². The smallest absolute Gasteiger partial charge is 0.413 e. The number of hydrogen-bond acceptors (Lipinski definition) is 7. The van der Waals surface area contributed by atoms with Gasteiger partial charge in [0.05, 0.1) is 20.3 Å². The maximum Gasteiger partial charge on any atom is 0.413 e. The van der Waals surface area contributed by atoms with Gasteiger partial charge in [-0.15, -0.1) is 0 Å². The normalized spacial score (nSPS) is 10.8. The summed E-state index contributed by atoms with van der Waals surface area (Å²) in [7, 11) is 1.53. The number of hydrogen-bond donors (Lipinski definition) is 1. The fourth-order valence-electron chi connectivity index (χ4n) is 2.51. The average molecular weight is 362 g/mol. The Balaban J connectivity index is 2.18. The van der Waals surface area contributed by atoms with E-state index >= 15 is 0 Å². The molecule has 2 aromatic rings. The number of amides is 2. The van der Waals surface area contributed by atoms with Gasteiger partial charge in [0.25, 0.3) is 0 Å². The number of rotatable bonds is 7. The molecule has 0 atom stereocenters. The summed E-state index contributed by atoms with van der Waals surface area (Å²) in [5.74, 6) is 0.109. The van der Waals surface area contributed by atoms with E-state index in [2.05, 4.69) is 10.1 Å². The van der Waals surface area contributed by atoms with Crippen LogP contribution in [0.2, 0.25) is 0 Å². The van der Waals surface area contributed by atoms with Gasteiger partial charge < -0.3 is 13.9 Å². The van der Waals surface area contributed by atoms with Crippen molar-refractivity contribution in [2.75, 3.05) is 26.8 Å². The lowest BCUT2D eigenvalue weighted by molar-refractivity contribution is -0.121. The third-order valence-corrected chi connectivity index (χ3v) is 3.76. The number of ether oxygens (including phenoxy) is 2. The highest BCUT2D eigenvalue weighted by molar-refractivity contribution is 5.92. The molecule has 0 aliphatic heterocycles. The minimum atomic E-state index is -0.772. The highest BCUT2D eigenvalue weighted by Crippen LogP contribution is 2.23. The summed E-state index contributed by atoms with van der Waals surface area (Å²) >= 11 is 0. The Labute approximate surface area is 150 Å². The molecule has 0 bridgehead atoms. The molecule has 0 saturated carbocycles. The number of methoxy groups -OCH3 is 1. The molecule has 0 saturated heterocycles. The van der Waals surface area contributed by atoms with Crippen LogP contribution in [0, 0.1) is 0 Å². The number of likely N-dealkylation sites (N-methyl/N-ethyl adjacent to an activating group) is 1. The second-order valence-corrected chi connectivity index (χ2v) is 5.52. The fraction of sp³-hybridized carbons (Fsp3) is 0.389. The molecule has 0 radical (unpaired) electrons. The Morgan fingerprint density at radius 1 is 1.23 bits per heavy atom. The van der Waals surface area contributed by atoms with Crippen molar-refractivity contribution in [3.63, 3.8) is 0 Å². The number of alkyl carbamates (subject to hydrolysis) is 1. The average Bonchev–Trinajstić information content (AvgIpc) is 2.60. The lowest BCUT2D eigenvalue weighted by atomic mass is 10.1. The Morgan fingerprint density at radius 3 is 2.65 bits per heavy atom. The highest BCUT2D eigenvalue weighted by atomic mass is 16.5. The molecule has 0 aliphatic rings. The number of nitrogens with one attached hydrogen (secondary N) is 1. The highest BCUT2D eigenvalue weighted by Gasteiger charge is 2.15. The molecule has 0 aliphatic carbocycles. The van der Waals surface area contributed by atoms with Gasteiger partial charge in [-0.25, -0.2) is 9.59 Å². The maximum atomic E-state index is 12.0. The van der Waals surface area contributed by atoms with Gasteiger partial charge in [0.2, 0.25) is 5.91 Å². The van der Waals surface area contributed by atoms with Crippen LogP contribution in [0.4, 0.5) is 4.79 Å². The van der Waals surface area contributed by atoms with Crippen LogP contribution in [0.5, 0.6) is 5.75 Å². The minimum Gasteiger partial charge on any atom is -0.497 e. The van der Waals surface area contributed by atoms with E-state index in [1.54, 1.807) is 30.0 Å². The Hall–Kier alpha value is -2.87. The van der Waals surface area contributed by atoms with Crippen molar-refractivity contribution in [3.8, 4) is 5.75 Å². The molecule has 2 amide bonds. The zero-order valence-electron chi connectivity index (χ0n) is 15.0. The first-order chi connectivity index (χ1) is 12.5. The van der Waals surface area contributed by atoms with E-state index in [1.807, 2.05) is 6.92 Å². The van der Waals surface area contributed by atoms with E-state index < -0.39 is 17.6 Å². The third kappa shape index (κ3) is 5.06. The SMILES string of the molecule is CCOC(=O)NC(=O)CN(CC)Cc1cc(=O)oc2cc(OC)ccc12. The molecule has 1 aromatic carbocycles. The summed E-state index contributed by atoms with van der Waals surface area (Å²) < 4.78 is 15.1. The van der Waals surface area contributed by atoms with Crippen molar-refractivity contribution in [2.24, 2.45) is 0 Å². The second kappa shape index (κ2) is 9.00. The quantitative estimate of drug-likeness (QED) is 0.751. The number of imide groups is 1. The number of carbonyl (C=O) groups excluding carboxylic acids is 2. The molecule has 1 heterocycles. The van der Waals surface area contributed by atoms with Gasteiger partial charge in [-0.3, -0.25) is 15.0 Å². The Kier molecular flexibility index (Phi) is 6.74. The largest absolute Gasteiger partial charge is 0.497 e. The summed E-state index contributed by atoms with van der Waals surface area (Å²) in [6.07, 6.45) is -0.772. The first kappa shape index (κ1) is 19.5. The van der Waals surface area contributed by atoms with Gasteiger partial charge in [0.1, 0.15) is 11.3 Å². The lowest BCUT2D eigenvalue weighted by Gasteiger charge is -2.20. The summed E-state index contributed by atoms with van der Waals surface area (Å²) in [6, 6.07) is 6.62. The molecule has 0 unspecified atom stereocenters. The number of nitrogens with zero attached hydrogens (tertiary/aromatic N) is 1. The summed E-state index contributed by atoms with van der Waals surface area (Å²) in [4.78, 5) is 36.9. The zero-order valence-corrected chi connectivity index (χ0v) is 15.0. The Morgan fingerprint density at radius 2 is 2.00 bits per heavy atom. The summed E-state index contributed by atoms with van der Waals surface area (Å²) in [5.41, 5.74) is 0.663. The second-order valence-electron chi connectivity index (χ2n) is 5.52. The van der Waals surface area contributed by atoms with Crippen molar-refractivity contribution < 1.29 is 23.5 Å². The van der Waals surface area contributed by atoms with E-state index in [4.69, 9.17) is 9.15 Å². The molecule has 26 heavy (non-hydrogen) atoms. The van der Waals surface area contributed by atoms with Crippen molar-refractivity contribution in [1.29, 1.82) is 0 Å². The van der Waals surface area contributed by atoms with E-state index in [0.717, 1.165) is 10.9 Å². The molecule has 8 heteroatoms. The molecule has 8 nitrogen and oxygen atoms in total. The maximum absolute atomic E-state index is 12.0. The molecule has 1 N–H and O–H groups in total. The van der Waals surface area contributed by atoms with Gasteiger partial charge in [-0.05, 0) is 31.2 Å². The topological polar surface area (TPSA) is 98.1 Å². The van der Waals surface area contributed by atoms with Gasteiger partial charge in [-0.2, -0.15) is 0 Å². The van der Waals surface area contributed by atoms with Crippen molar-refractivity contribution in [3.05, 3.63) is 40.2 Å². The predicted molar refractivity (Wildman–Crippen MR) is 95.2 cm³/mol. The predicted octanol–water partition coefficient (Wildman–Crippen LogP) is 1.90. The summed E-state index contributed by atoms with van der Waals surface area (Å²) in [6.45, 7) is 4.62. The van der Waals surface area contributed by atoms with Crippen LogP contribution in [-0.2, 0) is 16.1 Å². The first-order valence-electron chi connectivity index (χ1n) is 8.26. The molecule has 140 valence electrons. The van der Waals surface area contributed by atoms with E-state index in [1.165, 1.54) is 13.2 Å². The molecular formula is C18H22N2O6. The van der Waals surface area contributed by atoms with Crippen molar-refractivity contribution in [1.82, 2.24) is 10.2 Å². The number of fused-ring (bicyclic) bond motifs is 1. The van der Waals surface area contributed by atoms with Crippen LogP contribution in [0.3, 0.4) is 0 Å². The van der Waals surface area contributed by atoms with Crippen LogP contribution in [-0.4, -0.2) is 43.7 Å². The fourth-order valence-corrected chi connectivity index (χ4v) is 2.51. The lowest BCUT2D eigenvalue weighted by Crippen LogP contribution is -2.40. The number of carbonyl (C=O) groups is 2. The molecule has 0 fully saturated rings. The first-order valence-corrected chi connectivity index (χ1v) is 8.26. The van der Waals surface area contributed by atoms with Crippen molar-refractivity contribution >= 4 is 23.0 Å². The zero-order chi connectivity index (χ0) is 19.1. The third-order valence-electron chi connectivity index (χ3n) is 3.76. The van der Waals surface area contributed by atoms with Crippen LogP contribution in [0.1, 0.15) is 19.4 Å². The summed E-state index contributed by atoms with van der Waals surface area (Å²) in [5, 5.41) is 2.92. The monoisotopic (exact) mass is 362 g/mol. The van der Waals surface area contributed by atoms with Crippen LogP contribution in [0.25, 0.3) is 11.0 Å². The van der Waals surface area contributed by atoms with Crippen LogP contribution in [0.15, 0.2) is 33.5 Å². The standard InChI is InChI=1S/C18H22N2O6/c1-4-20(11-16(21)19-18(23)25-5-2)10-12-8-17(22)26-15-9-13(24-3)6-7-14(12)15/h6-9H,4-5,10-11H2,1-3H3,(H,19,21,23). The van der Waals surface area contributed by atoms with Crippen molar-refractivity contribution in [2.45, 2.75) is 20.4 Å². The Bertz CT molecular complexity index is 845. The van der Waals surface area contributed by atoms with Gasteiger partial charge in [-0.1, -0.05) is 6.92 Å². The van der Waals surface area contributed by atoms with Gasteiger partial charge in [0.15, 0.2) is 0 Å². The van der Waals surface area contributed by atoms with E-state index in [9.17, 15) is 14.4 Å². The number of benzene rings is 1. The molecule has 2 rings (SSSR count). The van der Waals surface area contributed by atoms with Gasteiger partial charge in [0, 0.05) is 24.1 Å². The molecule has 0 spiro atoms.